The summed E-state index contributed by atoms with van der Waals surface area (Å²) in [5.74, 6) is 0.0773. The van der Waals surface area contributed by atoms with Gasteiger partial charge in [-0.05, 0) is 105 Å². The zero-order chi connectivity index (χ0) is 39.8. The minimum absolute atomic E-state index is 0.0348. The fourth-order valence-electron chi connectivity index (χ4n) is 9.47. The minimum Gasteiger partial charge on any atom is -0.496 e. The number of fused-ring (bicyclic) bond motifs is 2. The summed E-state index contributed by atoms with van der Waals surface area (Å²) < 4.78 is 22.0. The average Bonchev–Trinajstić information content (AvgIpc) is 3.47. The van der Waals surface area contributed by atoms with Crippen LogP contribution in [0, 0.1) is 40.8 Å². The first kappa shape index (κ1) is 41.9. The highest BCUT2D eigenvalue weighted by molar-refractivity contribution is 5.97. The number of likely N-dealkylation sites (N-methyl/N-ethyl adjacent to an activating group) is 1. The topological polar surface area (TPSA) is 127 Å². The van der Waals surface area contributed by atoms with Crippen molar-refractivity contribution in [3.63, 3.8) is 0 Å². The Hall–Kier alpha value is -3.29. The van der Waals surface area contributed by atoms with Crippen molar-refractivity contribution in [2.75, 3.05) is 53.4 Å². The van der Waals surface area contributed by atoms with E-state index in [1.165, 1.54) is 18.2 Å². The van der Waals surface area contributed by atoms with Gasteiger partial charge in [0.05, 0.1) is 26.4 Å². The number of amides is 2. The summed E-state index contributed by atoms with van der Waals surface area (Å²) in [6, 6.07) is 7.44. The Bertz CT molecular complexity index is 1640. The number of carbonyl (C=O) groups is 2. The Morgan fingerprint density at radius 2 is 1.81 bits per heavy atom. The second-order valence-corrected chi connectivity index (χ2v) is 17.6. The number of aliphatic hydroxyl groups excluding tert-OH is 2. The molecule has 2 aromatic rings. The Morgan fingerprint density at radius 3 is 2.37 bits per heavy atom. The molecule has 1 saturated heterocycles. The van der Waals surface area contributed by atoms with Gasteiger partial charge in [-0.25, -0.2) is 4.39 Å². The standard InChI is InChI=1S/C42H64FN5O6/c1-23(2)14-29(20-46(7)8)44-40(51)27-15-26(16-30(17-27)47(9)10)31-12-13-34(43)32(39(31)53-11)21-48-38(37(25(4)50)36(22-49)54-48)41(52)45-35-19-28-18-33(24(35)3)42(28,5)6/h12-13,15-17,23-25,28-29,33,35-38,49-50H,14,18-22H2,1-11H3,(H,44,51)(H,45,52)/t24-,25-,28+,29+,33-,35+,36-,37-,38-/m0/s1. The molecule has 0 unspecified atom stereocenters. The number of benzene rings is 2. The first-order chi connectivity index (χ1) is 25.4. The van der Waals surface area contributed by atoms with E-state index >= 15 is 4.39 Å². The molecular weight excluding hydrogens is 689 g/mol. The zero-order valence-electron chi connectivity index (χ0n) is 34.1. The van der Waals surface area contributed by atoms with Gasteiger partial charge in [0.2, 0.25) is 5.91 Å². The molecule has 3 aliphatic carbocycles. The van der Waals surface area contributed by atoms with Crippen LogP contribution in [-0.2, 0) is 16.2 Å². The summed E-state index contributed by atoms with van der Waals surface area (Å²) in [6.45, 7) is 12.7. The van der Waals surface area contributed by atoms with Gasteiger partial charge in [-0.2, -0.15) is 5.06 Å². The second-order valence-electron chi connectivity index (χ2n) is 17.6. The molecule has 2 bridgehead atoms. The molecule has 4 fully saturated rings. The van der Waals surface area contributed by atoms with Crippen LogP contribution in [0.3, 0.4) is 0 Å². The molecule has 4 N–H and O–H groups in total. The van der Waals surface area contributed by atoms with Gasteiger partial charge in [-0.1, -0.05) is 34.6 Å². The van der Waals surface area contributed by atoms with Crippen molar-refractivity contribution >= 4 is 17.5 Å². The predicted molar refractivity (Wildman–Crippen MR) is 210 cm³/mol. The quantitative estimate of drug-likeness (QED) is 0.200. The molecule has 0 radical (unpaired) electrons. The van der Waals surface area contributed by atoms with Crippen molar-refractivity contribution in [3.8, 4) is 16.9 Å². The largest absolute Gasteiger partial charge is 0.496 e. The summed E-state index contributed by atoms with van der Waals surface area (Å²) in [5, 5.41) is 29.2. The molecule has 1 heterocycles. The van der Waals surface area contributed by atoms with E-state index in [-0.39, 0.29) is 53.1 Å². The van der Waals surface area contributed by atoms with Crippen LogP contribution in [0.2, 0.25) is 0 Å². The fourth-order valence-corrected chi connectivity index (χ4v) is 9.47. The minimum atomic E-state index is -0.998. The van der Waals surface area contributed by atoms with Crippen LogP contribution in [0.15, 0.2) is 30.3 Å². The van der Waals surface area contributed by atoms with E-state index in [0.29, 0.717) is 41.0 Å². The van der Waals surface area contributed by atoms with Crippen LogP contribution >= 0.6 is 0 Å². The number of aliphatic hydroxyl groups is 2. The summed E-state index contributed by atoms with van der Waals surface area (Å²) in [6.07, 6.45) is 0.989. The summed E-state index contributed by atoms with van der Waals surface area (Å²) >= 11 is 0. The molecule has 54 heavy (non-hydrogen) atoms. The number of hydrogen-bond acceptors (Lipinski definition) is 9. The SMILES string of the molecule is COc1c(-c2cc(C(=O)N[C@H](CC(C)C)CN(C)C)cc(N(C)C)c2)ccc(F)c1CN1O[C@@H](CO)[C@H]([C@H](C)O)[C@H]1C(=O)N[C@@H]1C[C@H]2C[C@@H]([C@@H]1C)C2(C)C. The van der Waals surface area contributed by atoms with Gasteiger partial charge in [0.25, 0.3) is 5.91 Å². The van der Waals surface area contributed by atoms with E-state index in [2.05, 4.69) is 50.2 Å². The molecule has 11 nitrogen and oxygen atoms in total. The van der Waals surface area contributed by atoms with Gasteiger partial charge in [-0.3, -0.25) is 14.4 Å². The zero-order valence-corrected chi connectivity index (χ0v) is 34.1. The van der Waals surface area contributed by atoms with Crippen molar-refractivity contribution in [2.24, 2.45) is 35.0 Å². The van der Waals surface area contributed by atoms with Crippen molar-refractivity contribution in [2.45, 2.75) is 97.7 Å². The lowest BCUT2D eigenvalue weighted by Gasteiger charge is -2.62. The molecule has 3 saturated carbocycles. The van der Waals surface area contributed by atoms with Crippen molar-refractivity contribution in [1.82, 2.24) is 20.6 Å². The van der Waals surface area contributed by atoms with Gasteiger partial charge in [0.15, 0.2) is 0 Å². The number of nitrogens with one attached hydrogen (secondary N) is 2. The highest BCUT2D eigenvalue weighted by Gasteiger charge is 2.57. The molecule has 9 atom stereocenters. The number of ether oxygens (including phenoxy) is 1. The van der Waals surface area contributed by atoms with E-state index in [1.54, 1.807) is 19.1 Å². The number of methoxy groups -OCH3 is 1. The van der Waals surface area contributed by atoms with E-state index < -0.39 is 36.6 Å². The summed E-state index contributed by atoms with van der Waals surface area (Å²) in [4.78, 5) is 38.2. The summed E-state index contributed by atoms with van der Waals surface area (Å²) in [7, 11) is 9.22. The Morgan fingerprint density at radius 1 is 1.11 bits per heavy atom. The third-order valence-electron chi connectivity index (χ3n) is 12.5. The normalized spacial score (nSPS) is 27.4. The lowest BCUT2D eigenvalue weighted by Crippen LogP contribution is -2.62. The monoisotopic (exact) mass is 753 g/mol. The van der Waals surface area contributed by atoms with E-state index in [4.69, 9.17) is 9.57 Å². The number of carbonyl (C=O) groups excluding carboxylic acids is 2. The molecule has 300 valence electrons. The van der Waals surface area contributed by atoms with Crippen LogP contribution in [0.25, 0.3) is 11.1 Å². The van der Waals surface area contributed by atoms with E-state index in [0.717, 1.165) is 24.9 Å². The van der Waals surface area contributed by atoms with Crippen molar-refractivity contribution in [3.05, 3.63) is 47.3 Å². The van der Waals surface area contributed by atoms with Gasteiger partial charge in [0, 0.05) is 61.0 Å². The predicted octanol–water partition coefficient (Wildman–Crippen LogP) is 4.93. The van der Waals surface area contributed by atoms with Gasteiger partial charge in [-0.15, -0.1) is 0 Å². The molecule has 12 heteroatoms. The van der Waals surface area contributed by atoms with Crippen LogP contribution in [0.4, 0.5) is 10.1 Å². The van der Waals surface area contributed by atoms with Gasteiger partial charge < -0.3 is 35.4 Å². The van der Waals surface area contributed by atoms with Crippen LogP contribution in [0.1, 0.15) is 76.7 Å². The maximum atomic E-state index is 16.0. The van der Waals surface area contributed by atoms with Crippen molar-refractivity contribution in [1.29, 1.82) is 0 Å². The first-order valence-electron chi connectivity index (χ1n) is 19.5. The molecular formula is C42H64FN5O6. The second kappa shape index (κ2) is 16.8. The average molecular weight is 754 g/mol. The number of halogens is 1. The van der Waals surface area contributed by atoms with Crippen LogP contribution in [-0.4, -0.2) is 111 Å². The van der Waals surface area contributed by atoms with Gasteiger partial charge in [0.1, 0.15) is 23.7 Å². The first-order valence-corrected chi connectivity index (χ1v) is 19.5. The van der Waals surface area contributed by atoms with E-state index in [1.807, 2.05) is 45.2 Å². The lowest BCUT2D eigenvalue weighted by molar-refractivity contribution is -0.183. The third kappa shape index (κ3) is 8.58. The number of hydrogen-bond donors (Lipinski definition) is 4. The van der Waals surface area contributed by atoms with Crippen molar-refractivity contribution < 1.29 is 33.8 Å². The fraction of sp³-hybridized carbons (Fsp3) is 0.667. The Balaban J connectivity index is 1.48. The highest BCUT2D eigenvalue weighted by Crippen LogP contribution is 2.61. The molecule has 0 spiro atoms. The summed E-state index contributed by atoms with van der Waals surface area (Å²) in [5.41, 5.74) is 2.83. The molecule has 2 amide bonds. The van der Waals surface area contributed by atoms with Crippen LogP contribution in [0.5, 0.6) is 5.75 Å². The maximum absolute atomic E-state index is 16.0. The number of rotatable bonds is 15. The van der Waals surface area contributed by atoms with E-state index in [9.17, 15) is 19.8 Å². The molecule has 2 aromatic carbocycles. The molecule has 4 aliphatic rings. The molecule has 1 aliphatic heterocycles. The van der Waals surface area contributed by atoms with Gasteiger partial charge >= 0.3 is 0 Å². The molecule has 6 rings (SSSR count). The number of anilines is 1. The third-order valence-corrected chi connectivity index (χ3v) is 12.5. The maximum Gasteiger partial charge on any atom is 0.251 e. The number of nitrogens with zero attached hydrogens (tertiary/aromatic N) is 3. The number of hydroxylamine groups is 2. The smallest absolute Gasteiger partial charge is 0.251 e. The lowest BCUT2D eigenvalue weighted by atomic mass is 9.45. The highest BCUT2D eigenvalue weighted by atomic mass is 19.1. The Labute approximate surface area is 321 Å². The molecule has 0 aromatic heterocycles. The van der Waals surface area contributed by atoms with Crippen LogP contribution < -0.4 is 20.3 Å². The Kier molecular flexibility index (Phi) is 13.0.